The second-order valence-corrected chi connectivity index (χ2v) is 13.1. The van der Waals surface area contributed by atoms with Gasteiger partial charge in [-0.1, -0.05) is 41.9 Å². The molecule has 5 aliphatic rings. The molecule has 0 saturated heterocycles. The SMILES string of the molecule is CC(NC(=O)COC(=O)c1c2c(nc3ccccc13)/C(=C/c1ccc(Cl)cc1)CC2)C12CC3CC(CC(C3)C1)C2. The lowest BCUT2D eigenvalue weighted by molar-refractivity contribution is -0.128. The third-order valence-electron chi connectivity index (χ3n) is 10.1. The molecule has 1 aromatic heterocycles. The normalized spacial score (nSPS) is 28.1. The molecule has 4 fully saturated rings. The lowest BCUT2D eigenvalue weighted by Crippen LogP contribution is -2.56. The van der Waals surface area contributed by atoms with E-state index in [1.165, 1.54) is 38.5 Å². The summed E-state index contributed by atoms with van der Waals surface area (Å²) in [5.74, 6) is 1.80. The van der Waals surface area contributed by atoms with Crippen LogP contribution in [-0.2, 0) is 16.0 Å². The minimum atomic E-state index is -0.458. The molecule has 1 N–H and O–H groups in total. The molecule has 6 heteroatoms. The van der Waals surface area contributed by atoms with Crippen molar-refractivity contribution in [3.8, 4) is 0 Å². The highest BCUT2D eigenvalue weighted by atomic mass is 35.5. The molecule has 2 aromatic carbocycles. The molecule has 0 radical (unpaired) electrons. The summed E-state index contributed by atoms with van der Waals surface area (Å²) in [7, 11) is 0. The number of ether oxygens (including phenoxy) is 1. The maximum absolute atomic E-state index is 13.6. The van der Waals surface area contributed by atoms with Gasteiger partial charge in [0.1, 0.15) is 0 Å². The molecule has 4 saturated carbocycles. The molecular weight excluding hydrogens is 520 g/mol. The van der Waals surface area contributed by atoms with Gasteiger partial charge in [-0.05, 0) is 122 Å². The van der Waals surface area contributed by atoms with Gasteiger partial charge in [0.05, 0.1) is 16.8 Å². The van der Waals surface area contributed by atoms with Crippen LogP contribution < -0.4 is 5.32 Å². The van der Waals surface area contributed by atoms with Crippen LogP contribution in [0.2, 0.25) is 5.02 Å². The van der Waals surface area contributed by atoms with E-state index in [1.807, 2.05) is 48.5 Å². The predicted molar refractivity (Wildman–Crippen MR) is 158 cm³/mol. The summed E-state index contributed by atoms with van der Waals surface area (Å²) in [5, 5.41) is 4.68. The minimum Gasteiger partial charge on any atom is -0.452 e. The number of carbonyl (C=O) groups excluding carboxylic acids is 2. The van der Waals surface area contributed by atoms with Crippen LogP contribution in [0.4, 0.5) is 0 Å². The van der Waals surface area contributed by atoms with E-state index in [0.29, 0.717) is 17.0 Å². The van der Waals surface area contributed by atoms with Gasteiger partial charge in [-0.25, -0.2) is 9.78 Å². The van der Waals surface area contributed by atoms with E-state index in [1.54, 1.807) is 0 Å². The Labute approximate surface area is 240 Å². The van der Waals surface area contributed by atoms with Gasteiger partial charge in [0.25, 0.3) is 5.91 Å². The number of aromatic nitrogens is 1. The number of allylic oxidation sites excluding steroid dienone is 1. The van der Waals surface area contributed by atoms with Gasteiger partial charge in [-0.2, -0.15) is 0 Å². The number of esters is 1. The van der Waals surface area contributed by atoms with Crippen LogP contribution in [0, 0.1) is 23.2 Å². The molecule has 5 aliphatic carbocycles. The largest absolute Gasteiger partial charge is 0.452 e. The summed E-state index contributed by atoms with van der Waals surface area (Å²) in [6.45, 7) is 1.89. The first-order valence-corrected chi connectivity index (χ1v) is 15.1. The maximum Gasteiger partial charge on any atom is 0.339 e. The molecule has 1 unspecified atom stereocenters. The summed E-state index contributed by atoms with van der Waals surface area (Å²) in [6.07, 6.45) is 11.4. The highest BCUT2D eigenvalue weighted by Gasteiger charge is 2.53. The molecule has 8 rings (SSSR count). The standard InChI is InChI=1S/C34H35ClN2O3/c1-20(34-16-22-12-23(17-34)14-24(13-22)18-34)36-30(38)19-40-33(39)31-27-4-2-3-5-29(27)37-32-25(8-11-28(31)32)15-21-6-9-26(35)10-7-21/h2-7,9-10,15,20,22-24H,8,11-14,16-19H2,1H3,(H,36,38)/b25-15+. The number of benzene rings is 2. The highest BCUT2D eigenvalue weighted by Crippen LogP contribution is 2.61. The van der Waals surface area contributed by atoms with Crippen molar-refractivity contribution in [1.29, 1.82) is 0 Å². The molecule has 4 bridgehead atoms. The number of fused-ring (bicyclic) bond motifs is 2. The number of hydrogen-bond acceptors (Lipinski definition) is 4. The maximum atomic E-state index is 13.6. The van der Waals surface area contributed by atoms with Crippen LogP contribution >= 0.6 is 11.6 Å². The van der Waals surface area contributed by atoms with Crippen molar-refractivity contribution in [3.63, 3.8) is 0 Å². The van der Waals surface area contributed by atoms with Crippen molar-refractivity contribution < 1.29 is 14.3 Å². The Kier molecular flexibility index (Phi) is 6.46. The molecule has 40 heavy (non-hydrogen) atoms. The first-order valence-electron chi connectivity index (χ1n) is 14.7. The van der Waals surface area contributed by atoms with Gasteiger partial charge in [0.2, 0.25) is 0 Å². The van der Waals surface area contributed by atoms with E-state index in [-0.39, 0.29) is 24.0 Å². The highest BCUT2D eigenvalue weighted by molar-refractivity contribution is 6.30. The molecule has 1 heterocycles. The van der Waals surface area contributed by atoms with Crippen molar-refractivity contribution in [2.24, 2.45) is 23.2 Å². The van der Waals surface area contributed by atoms with Crippen LogP contribution in [0.15, 0.2) is 48.5 Å². The second kappa shape index (κ2) is 10.0. The number of para-hydroxylation sites is 1. The summed E-state index contributed by atoms with van der Waals surface area (Å²) < 4.78 is 5.70. The molecule has 0 spiro atoms. The van der Waals surface area contributed by atoms with E-state index in [0.717, 1.165) is 57.5 Å². The molecule has 0 aliphatic heterocycles. The zero-order valence-electron chi connectivity index (χ0n) is 22.9. The monoisotopic (exact) mass is 554 g/mol. The lowest BCUT2D eigenvalue weighted by atomic mass is 9.48. The van der Waals surface area contributed by atoms with Gasteiger partial charge in [-0.15, -0.1) is 0 Å². The van der Waals surface area contributed by atoms with Crippen LogP contribution in [0.1, 0.15) is 79.0 Å². The van der Waals surface area contributed by atoms with E-state index in [4.69, 9.17) is 21.3 Å². The van der Waals surface area contributed by atoms with E-state index in [2.05, 4.69) is 18.3 Å². The van der Waals surface area contributed by atoms with E-state index >= 15 is 0 Å². The summed E-state index contributed by atoms with van der Waals surface area (Å²) in [4.78, 5) is 31.5. The van der Waals surface area contributed by atoms with E-state index in [9.17, 15) is 9.59 Å². The van der Waals surface area contributed by atoms with Gasteiger partial charge < -0.3 is 10.1 Å². The van der Waals surface area contributed by atoms with Crippen LogP contribution in [0.3, 0.4) is 0 Å². The number of hydrogen-bond donors (Lipinski definition) is 1. The van der Waals surface area contributed by atoms with Crippen molar-refractivity contribution in [2.75, 3.05) is 6.61 Å². The Bertz CT molecular complexity index is 1490. The number of nitrogens with one attached hydrogen (secondary N) is 1. The first-order chi connectivity index (χ1) is 19.4. The van der Waals surface area contributed by atoms with Crippen molar-refractivity contribution in [3.05, 3.63) is 75.9 Å². The fraction of sp³-hybridized carbons (Fsp3) is 0.441. The molecule has 3 aromatic rings. The zero-order chi connectivity index (χ0) is 27.4. The number of amides is 1. The number of halogens is 1. The van der Waals surface area contributed by atoms with Crippen LogP contribution in [0.25, 0.3) is 22.6 Å². The summed E-state index contributed by atoms with van der Waals surface area (Å²) in [5.41, 5.74) is 5.34. The third kappa shape index (κ3) is 4.62. The number of pyridine rings is 1. The van der Waals surface area contributed by atoms with Crippen LogP contribution in [-0.4, -0.2) is 29.5 Å². The number of nitrogens with zero attached hydrogens (tertiary/aromatic N) is 1. The molecular formula is C34H35ClN2O3. The van der Waals surface area contributed by atoms with Crippen molar-refractivity contribution >= 4 is 46.0 Å². The molecule has 1 amide bonds. The van der Waals surface area contributed by atoms with Crippen LogP contribution in [0.5, 0.6) is 0 Å². The Morgan fingerprint density at radius 3 is 2.40 bits per heavy atom. The second-order valence-electron chi connectivity index (χ2n) is 12.7. The minimum absolute atomic E-state index is 0.0960. The van der Waals surface area contributed by atoms with Crippen molar-refractivity contribution in [2.45, 2.75) is 64.3 Å². The zero-order valence-corrected chi connectivity index (χ0v) is 23.7. The van der Waals surface area contributed by atoms with Gasteiger partial charge in [-0.3, -0.25) is 4.79 Å². The smallest absolute Gasteiger partial charge is 0.339 e. The van der Waals surface area contributed by atoms with Crippen molar-refractivity contribution in [1.82, 2.24) is 10.3 Å². The van der Waals surface area contributed by atoms with Gasteiger partial charge in [0, 0.05) is 16.5 Å². The topological polar surface area (TPSA) is 68.3 Å². The Hall–Kier alpha value is -3.18. The molecule has 206 valence electrons. The summed E-state index contributed by atoms with van der Waals surface area (Å²) >= 11 is 6.07. The fourth-order valence-corrected chi connectivity index (χ4v) is 8.75. The number of rotatable bonds is 6. The Morgan fingerprint density at radius 2 is 1.70 bits per heavy atom. The quantitative estimate of drug-likeness (QED) is 0.326. The molecule has 5 nitrogen and oxygen atoms in total. The first kappa shape index (κ1) is 25.8. The predicted octanol–water partition coefficient (Wildman–Crippen LogP) is 7.25. The molecule has 1 atom stereocenters. The lowest BCUT2D eigenvalue weighted by Gasteiger charge is -2.59. The van der Waals surface area contributed by atoms with Gasteiger partial charge >= 0.3 is 5.97 Å². The Morgan fingerprint density at radius 1 is 1.02 bits per heavy atom. The number of carbonyl (C=O) groups is 2. The Balaban J connectivity index is 1.09. The average molecular weight is 555 g/mol. The summed E-state index contributed by atoms with van der Waals surface area (Å²) in [6, 6.07) is 15.5. The van der Waals surface area contributed by atoms with E-state index < -0.39 is 5.97 Å². The van der Waals surface area contributed by atoms with Gasteiger partial charge in [0.15, 0.2) is 6.61 Å². The third-order valence-corrected chi connectivity index (χ3v) is 10.3. The average Bonchev–Trinajstić information content (AvgIpc) is 3.32. The fourth-order valence-electron chi connectivity index (χ4n) is 8.62.